The van der Waals surface area contributed by atoms with Crippen LogP contribution in [0.4, 0.5) is 0 Å². The fraction of sp³-hybridized carbons (Fsp3) is 0.714. The average Bonchev–Trinajstić information content (AvgIpc) is 2.57. The van der Waals surface area contributed by atoms with Crippen molar-refractivity contribution in [1.29, 1.82) is 0 Å². The fourth-order valence-electron chi connectivity index (χ4n) is 2.19. The van der Waals surface area contributed by atoms with Crippen molar-refractivity contribution in [2.75, 3.05) is 18.4 Å². The van der Waals surface area contributed by atoms with Crippen molar-refractivity contribution in [1.82, 2.24) is 0 Å². The quantitative estimate of drug-likeness (QED) is 0.328. The molecule has 10 nitrogen and oxygen atoms in total. The Kier molecular flexibility index (Phi) is 9.06. The molecule has 0 aromatic rings. The molecule has 26 heavy (non-hydrogen) atoms. The Labute approximate surface area is 158 Å². The third kappa shape index (κ3) is 6.60. The number of hydrogen-bond acceptors (Lipinski definition) is 10. The molecular weight excluding hydrogens is 399 g/mol. The van der Waals surface area contributed by atoms with Crippen LogP contribution in [-0.2, 0) is 42.9 Å². The number of carbonyl (C=O) groups excluding carboxylic acids is 4. The summed E-state index contributed by atoms with van der Waals surface area (Å²) in [5.41, 5.74) is 0. The smallest absolute Gasteiger partial charge is 0.321 e. The number of hydrogen-bond donors (Lipinski definition) is 1. The molecule has 0 aliphatic carbocycles. The van der Waals surface area contributed by atoms with E-state index < -0.39 is 73.0 Å². The van der Waals surface area contributed by atoms with Gasteiger partial charge in [-0.05, 0) is 0 Å². The first-order chi connectivity index (χ1) is 12.2. The third-order valence-electron chi connectivity index (χ3n) is 3.12. The summed E-state index contributed by atoms with van der Waals surface area (Å²) in [4.78, 5) is 45.6. The first kappa shape index (κ1) is 22.4. The van der Waals surface area contributed by atoms with E-state index in [-0.39, 0.29) is 0 Å². The van der Waals surface area contributed by atoms with E-state index in [4.69, 9.17) is 46.9 Å². The van der Waals surface area contributed by atoms with Crippen molar-refractivity contribution in [3.63, 3.8) is 0 Å². The van der Waals surface area contributed by atoms with Gasteiger partial charge in [-0.25, -0.2) is 0 Å². The van der Waals surface area contributed by atoms with Crippen molar-refractivity contribution in [3.05, 3.63) is 0 Å². The molecule has 1 heterocycles. The van der Waals surface area contributed by atoms with Gasteiger partial charge in [0.1, 0.15) is 24.5 Å². The standard InChI is InChI=1S/C14H18Cl2O10/c1-6(17)22-5-8-11(25-9(19)3-15)12(26-10(20)4-16)13(14(21)24-8)23-7(2)18/h8,11-14,21H,3-5H2,1-2H3/t8-,11+,12+,13-,14-/m1/s1. The summed E-state index contributed by atoms with van der Waals surface area (Å²) in [5.74, 6) is -4.40. The normalized spacial score (nSPS) is 28.0. The minimum absolute atomic E-state index is 0.436. The van der Waals surface area contributed by atoms with Crippen LogP contribution < -0.4 is 0 Å². The van der Waals surface area contributed by atoms with Gasteiger partial charge in [0.2, 0.25) is 0 Å². The van der Waals surface area contributed by atoms with Crippen LogP contribution in [-0.4, -0.2) is 78.1 Å². The Hall–Kier alpha value is -1.62. The number of aliphatic hydroxyl groups is 1. The van der Waals surface area contributed by atoms with E-state index in [1.807, 2.05) is 0 Å². The molecule has 5 atom stereocenters. The van der Waals surface area contributed by atoms with E-state index in [0.29, 0.717) is 0 Å². The second kappa shape index (κ2) is 10.5. The molecule has 0 spiro atoms. The van der Waals surface area contributed by atoms with Crippen LogP contribution in [0.5, 0.6) is 0 Å². The molecule has 0 unspecified atom stereocenters. The molecule has 1 aliphatic rings. The van der Waals surface area contributed by atoms with Gasteiger partial charge in [0, 0.05) is 13.8 Å². The Morgan fingerprint density at radius 2 is 1.42 bits per heavy atom. The van der Waals surface area contributed by atoms with Crippen molar-refractivity contribution >= 4 is 47.1 Å². The number of rotatable bonds is 7. The predicted molar refractivity (Wildman–Crippen MR) is 84.3 cm³/mol. The molecule has 0 bridgehead atoms. The van der Waals surface area contributed by atoms with Gasteiger partial charge in [0.25, 0.3) is 0 Å². The number of ether oxygens (including phenoxy) is 5. The number of esters is 4. The summed E-state index contributed by atoms with van der Waals surface area (Å²) in [6.07, 6.45) is -7.34. The zero-order chi connectivity index (χ0) is 19.9. The minimum Gasteiger partial charge on any atom is -0.463 e. The van der Waals surface area contributed by atoms with Crippen LogP contribution in [0.15, 0.2) is 0 Å². The lowest BCUT2D eigenvalue weighted by Crippen LogP contribution is -2.62. The van der Waals surface area contributed by atoms with Gasteiger partial charge in [0.15, 0.2) is 24.6 Å². The summed E-state index contributed by atoms with van der Waals surface area (Å²) in [5, 5.41) is 10.1. The highest BCUT2D eigenvalue weighted by atomic mass is 35.5. The van der Waals surface area contributed by atoms with E-state index in [1.54, 1.807) is 0 Å². The highest BCUT2D eigenvalue weighted by Crippen LogP contribution is 2.28. The molecule has 0 amide bonds. The summed E-state index contributed by atoms with van der Waals surface area (Å²) < 4.78 is 25.1. The lowest BCUT2D eigenvalue weighted by atomic mass is 9.98. The van der Waals surface area contributed by atoms with Crippen LogP contribution in [0, 0.1) is 0 Å². The molecule has 0 aromatic heterocycles. The molecule has 12 heteroatoms. The number of carbonyl (C=O) groups is 4. The monoisotopic (exact) mass is 416 g/mol. The van der Waals surface area contributed by atoms with Gasteiger partial charge in [-0.1, -0.05) is 0 Å². The summed E-state index contributed by atoms with van der Waals surface area (Å²) >= 11 is 10.8. The van der Waals surface area contributed by atoms with Crippen molar-refractivity contribution in [2.24, 2.45) is 0 Å². The minimum atomic E-state index is -1.75. The molecule has 1 rings (SSSR count). The maximum Gasteiger partial charge on any atom is 0.321 e. The summed E-state index contributed by atoms with van der Waals surface area (Å²) in [6.45, 7) is 1.75. The Balaban J connectivity index is 3.16. The maximum absolute atomic E-state index is 11.6. The van der Waals surface area contributed by atoms with Gasteiger partial charge in [-0.3, -0.25) is 19.2 Å². The zero-order valence-corrected chi connectivity index (χ0v) is 15.4. The van der Waals surface area contributed by atoms with Gasteiger partial charge in [0.05, 0.1) is 0 Å². The molecule has 1 aliphatic heterocycles. The second-order valence-corrected chi connectivity index (χ2v) is 5.65. The Bertz CT molecular complexity index is 540. The predicted octanol–water partition coefficient (Wildman–Crippen LogP) is -0.500. The van der Waals surface area contributed by atoms with Gasteiger partial charge >= 0.3 is 23.9 Å². The fourth-order valence-corrected chi connectivity index (χ4v) is 2.31. The first-order valence-electron chi connectivity index (χ1n) is 7.34. The highest BCUT2D eigenvalue weighted by molar-refractivity contribution is 6.26. The molecule has 1 N–H and O–H groups in total. The van der Waals surface area contributed by atoms with E-state index in [1.165, 1.54) is 0 Å². The SMILES string of the molecule is CC(=O)OC[C@H]1O[C@@H](O)[C@H](OC(C)=O)[C@@H](OC(=O)CCl)[C@H]1OC(=O)CCl. The largest absolute Gasteiger partial charge is 0.463 e. The Morgan fingerprint density at radius 3 is 1.88 bits per heavy atom. The van der Waals surface area contributed by atoms with Crippen LogP contribution in [0.1, 0.15) is 13.8 Å². The van der Waals surface area contributed by atoms with E-state index in [9.17, 15) is 24.3 Å². The lowest BCUT2D eigenvalue weighted by molar-refractivity contribution is -0.296. The maximum atomic E-state index is 11.6. The molecule has 0 aromatic carbocycles. The molecular formula is C14H18Cl2O10. The molecule has 0 radical (unpaired) electrons. The highest BCUT2D eigenvalue weighted by Gasteiger charge is 2.52. The number of alkyl halides is 2. The summed E-state index contributed by atoms with van der Waals surface area (Å²) in [6, 6.07) is 0. The molecule has 1 fully saturated rings. The van der Waals surface area contributed by atoms with E-state index in [2.05, 4.69) is 0 Å². The molecule has 148 valence electrons. The lowest BCUT2D eigenvalue weighted by Gasteiger charge is -2.42. The first-order valence-corrected chi connectivity index (χ1v) is 8.41. The van der Waals surface area contributed by atoms with E-state index in [0.717, 1.165) is 13.8 Å². The van der Waals surface area contributed by atoms with E-state index >= 15 is 0 Å². The average molecular weight is 417 g/mol. The van der Waals surface area contributed by atoms with Gasteiger partial charge in [-0.2, -0.15) is 0 Å². The zero-order valence-electron chi connectivity index (χ0n) is 13.9. The second-order valence-electron chi connectivity index (χ2n) is 5.12. The van der Waals surface area contributed by atoms with Crippen molar-refractivity contribution < 1.29 is 48.0 Å². The third-order valence-corrected chi connectivity index (χ3v) is 3.55. The van der Waals surface area contributed by atoms with Crippen molar-refractivity contribution in [3.8, 4) is 0 Å². The summed E-state index contributed by atoms with van der Waals surface area (Å²) in [7, 11) is 0. The van der Waals surface area contributed by atoms with Gasteiger partial charge < -0.3 is 28.8 Å². The number of halogens is 2. The van der Waals surface area contributed by atoms with Crippen LogP contribution >= 0.6 is 23.2 Å². The Morgan fingerprint density at radius 1 is 0.885 bits per heavy atom. The molecule has 1 saturated heterocycles. The topological polar surface area (TPSA) is 135 Å². The van der Waals surface area contributed by atoms with Crippen LogP contribution in [0.25, 0.3) is 0 Å². The number of aliphatic hydroxyl groups excluding tert-OH is 1. The van der Waals surface area contributed by atoms with Gasteiger partial charge in [-0.15, -0.1) is 23.2 Å². The van der Waals surface area contributed by atoms with Crippen molar-refractivity contribution in [2.45, 2.75) is 44.6 Å². The van der Waals surface area contributed by atoms with Crippen LogP contribution in [0.2, 0.25) is 0 Å². The van der Waals surface area contributed by atoms with Crippen LogP contribution in [0.3, 0.4) is 0 Å². The molecule has 0 saturated carbocycles.